The molecule has 3 fully saturated rings. The normalized spacial score (nSPS) is 23.4. The third-order valence-corrected chi connectivity index (χ3v) is 6.79. The molecule has 2 saturated heterocycles. The molecule has 2 amide bonds. The number of amides is 2. The molecular formula is C20H24F3N7O2. The summed E-state index contributed by atoms with van der Waals surface area (Å²) < 4.78 is 44.1. The number of rotatable bonds is 3. The van der Waals surface area contributed by atoms with Gasteiger partial charge in [0.15, 0.2) is 5.69 Å². The van der Waals surface area contributed by atoms with Crippen LogP contribution in [0.3, 0.4) is 0 Å². The topological polar surface area (TPSA) is 100 Å². The summed E-state index contributed by atoms with van der Waals surface area (Å²) in [5.74, 6) is 0.925. The van der Waals surface area contributed by atoms with Crippen LogP contribution in [0.1, 0.15) is 49.5 Å². The highest BCUT2D eigenvalue weighted by atomic mass is 19.4. The van der Waals surface area contributed by atoms with Crippen molar-refractivity contribution in [2.45, 2.75) is 50.3 Å². The number of hydrogen-bond acceptors (Lipinski definition) is 6. The fourth-order valence-corrected chi connectivity index (χ4v) is 5.02. The Morgan fingerprint density at radius 2 is 1.94 bits per heavy atom. The second-order valence-corrected chi connectivity index (χ2v) is 9.00. The second-order valence-electron chi connectivity index (χ2n) is 9.00. The van der Waals surface area contributed by atoms with Crippen LogP contribution >= 0.6 is 0 Å². The molecule has 1 saturated carbocycles. The lowest BCUT2D eigenvalue weighted by Crippen LogP contribution is -2.62. The van der Waals surface area contributed by atoms with Gasteiger partial charge in [-0.1, -0.05) is 0 Å². The summed E-state index contributed by atoms with van der Waals surface area (Å²) in [6.07, 6.45) is 2.70. The van der Waals surface area contributed by atoms with E-state index >= 15 is 0 Å². The number of carbonyl (C=O) groups excluding carboxylic acids is 1. The van der Waals surface area contributed by atoms with Crippen molar-refractivity contribution >= 4 is 6.03 Å². The first-order valence-electron chi connectivity index (χ1n) is 10.8. The highest BCUT2D eigenvalue weighted by Gasteiger charge is 2.48. The molecule has 4 heterocycles. The Morgan fingerprint density at radius 1 is 1.16 bits per heavy atom. The summed E-state index contributed by atoms with van der Waals surface area (Å²) in [6, 6.07) is 0.0650. The Bertz CT molecular complexity index is 952. The van der Waals surface area contributed by atoms with E-state index in [0.717, 1.165) is 37.9 Å². The summed E-state index contributed by atoms with van der Waals surface area (Å²) in [5.41, 5.74) is -0.970. The number of H-pyrrole nitrogens is 1. The quantitative estimate of drug-likeness (QED) is 0.770. The van der Waals surface area contributed by atoms with E-state index in [0.29, 0.717) is 32.4 Å². The first kappa shape index (κ1) is 21.0. The van der Waals surface area contributed by atoms with E-state index < -0.39 is 11.9 Å². The first-order valence-corrected chi connectivity index (χ1v) is 10.8. The molecule has 0 aromatic carbocycles. The number of carbonyl (C=O) groups is 1. The van der Waals surface area contributed by atoms with Gasteiger partial charge in [0.25, 0.3) is 0 Å². The summed E-state index contributed by atoms with van der Waals surface area (Å²) >= 11 is 0. The van der Waals surface area contributed by atoms with E-state index in [1.165, 1.54) is 12.5 Å². The number of halogens is 3. The molecule has 9 nitrogen and oxygen atoms in total. The zero-order valence-electron chi connectivity index (χ0n) is 17.4. The molecule has 1 spiro atoms. The average Bonchev–Trinajstić information content (AvgIpc) is 3.44. The molecule has 0 radical (unpaired) electrons. The molecule has 2 aromatic rings. The van der Waals surface area contributed by atoms with Gasteiger partial charge >= 0.3 is 12.2 Å². The number of urea groups is 1. The third-order valence-electron chi connectivity index (χ3n) is 6.79. The minimum atomic E-state index is -4.55. The van der Waals surface area contributed by atoms with E-state index in [2.05, 4.69) is 25.1 Å². The van der Waals surface area contributed by atoms with E-state index in [-0.39, 0.29) is 29.3 Å². The second kappa shape index (κ2) is 7.89. The van der Waals surface area contributed by atoms with E-state index in [1.807, 2.05) is 9.80 Å². The smallest absolute Gasteiger partial charge is 0.435 e. The molecule has 2 aliphatic heterocycles. The van der Waals surface area contributed by atoms with E-state index in [9.17, 15) is 18.0 Å². The van der Waals surface area contributed by atoms with Crippen LogP contribution in [0.2, 0.25) is 0 Å². The van der Waals surface area contributed by atoms with Crippen molar-refractivity contribution in [2.24, 2.45) is 5.41 Å². The largest absolute Gasteiger partial charge is 0.473 e. The summed E-state index contributed by atoms with van der Waals surface area (Å²) in [5, 5.41) is 6.77. The minimum Gasteiger partial charge on any atom is -0.473 e. The Hall–Kier alpha value is -2.92. The number of nitrogens with one attached hydrogen (secondary N) is 1. The number of ether oxygens (including phenoxy) is 1. The predicted octanol–water partition coefficient (Wildman–Crippen LogP) is 2.85. The lowest BCUT2D eigenvalue weighted by atomic mass is 9.68. The summed E-state index contributed by atoms with van der Waals surface area (Å²) in [6.45, 7) is 2.78. The predicted molar refractivity (Wildman–Crippen MR) is 105 cm³/mol. The zero-order chi connectivity index (χ0) is 22.3. The van der Waals surface area contributed by atoms with Gasteiger partial charge in [-0.05, 0) is 32.1 Å². The van der Waals surface area contributed by atoms with Crippen molar-refractivity contribution in [1.82, 2.24) is 34.9 Å². The fourth-order valence-electron chi connectivity index (χ4n) is 5.02. The summed E-state index contributed by atoms with van der Waals surface area (Å²) in [7, 11) is 0. The van der Waals surface area contributed by atoms with Crippen molar-refractivity contribution in [2.75, 3.05) is 26.2 Å². The molecule has 1 aliphatic carbocycles. The molecule has 0 bridgehead atoms. The number of aromatic amines is 1. The number of aromatic nitrogens is 5. The van der Waals surface area contributed by atoms with Crippen LogP contribution < -0.4 is 4.74 Å². The Morgan fingerprint density at radius 3 is 2.62 bits per heavy atom. The van der Waals surface area contributed by atoms with Gasteiger partial charge in [0.1, 0.15) is 18.3 Å². The van der Waals surface area contributed by atoms with E-state index in [4.69, 9.17) is 4.74 Å². The Labute approximate surface area is 182 Å². The number of likely N-dealkylation sites (tertiary alicyclic amines) is 2. The van der Waals surface area contributed by atoms with Crippen LogP contribution in [0.15, 0.2) is 18.7 Å². The number of nitrogens with zero attached hydrogens (tertiary/aromatic N) is 6. The maximum Gasteiger partial charge on any atom is 0.435 e. The van der Waals surface area contributed by atoms with Crippen LogP contribution in [0, 0.1) is 5.41 Å². The molecule has 12 heteroatoms. The molecule has 1 N–H and O–H groups in total. The van der Waals surface area contributed by atoms with Gasteiger partial charge < -0.3 is 14.5 Å². The summed E-state index contributed by atoms with van der Waals surface area (Å²) in [4.78, 5) is 28.0. The minimum absolute atomic E-state index is 0.0650. The van der Waals surface area contributed by atoms with Crippen molar-refractivity contribution < 1.29 is 22.7 Å². The lowest BCUT2D eigenvalue weighted by molar-refractivity contribution is -0.141. The van der Waals surface area contributed by atoms with Crippen LogP contribution in [-0.4, -0.2) is 73.3 Å². The van der Waals surface area contributed by atoms with Crippen molar-refractivity contribution in [3.05, 3.63) is 30.2 Å². The zero-order valence-corrected chi connectivity index (χ0v) is 17.4. The van der Waals surface area contributed by atoms with Gasteiger partial charge in [-0.3, -0.25) is 10.1 Å². The molecule has 5 rings (SSSR count). The highest BCUT2D eigenvalue weighted by molar-refractivity contribution is 5.76. The number of alkyl halides is 3. The Kier molecular flexibility index (Phi) is 5.17. The van der Waals surface area contributed by atoms with Crippen molar-refractivity contribution in [3.8, 4) is 5.88 Å². The maximum absolute atomic E-state index is 12.9. The monoisotopic (exact) mass is 451 g/mol. The number of hydrogen-bond donors (Lipinski definition) is 1. The maximum atomic E-state index is 12.9. The fraction of sp³-hybridized carbons (Fsp3) is 0.650. The van der Waals surface area contributed by atoms with Crippen molar-refractivity contribution in [3.63, 3.8) is 0 Å². The average molecular weight is 451 g/mol. The van der Waals surface area contributed by atoms with Gasteiger partial charge in [-0.15, -0.1) is 0 Å². The molecular weight excluding hydrogens is 427 g/mol. The molecule has 1 unspecified atom stereocenters. The van der Waals surface area contributed by atoms with Gasteiger partial charge in [-0.2, -0.15) is 18.3 Å². The van der Waals surface area contributed by atoms with Gasteiger partial charge in [-0.25, -0.2) is 14.8 Å². The van der Waals surface area contributed by atoms with Crippen LogP contribution in [-0.2, 0) is 6.18 Å². The Balaban J connectivity index is 1.09. The van der Waals surface area contributed by atoms with Crippen LogP contribution in [0.4, 0.5) is 18.0 Å². The first-order chi connectivity index (χ1) is 15.3. The van der Waals surface area contributed by atoms with Crippen LogP contribution in [0.25, 0.3) is 0 Å². The SMILES string of the molecule is O=C(N1CCC(c2ncn[nH]2)C1)N1CC2(CCC(Oc3cncc(C(F)(F)F)n3)CC2)C1. The highest BCUT2D eigenvalue weighted by Crippen LogP contribution is 2.45. The molecule has 32 heavy (non-hydrogen) atoms. The third kappa shape index (κ3) is 4.09. The van der Waals surface area contributed by atoms with Gasteiger partial charge in [0, 0.05) is 37.5 Å². The van der Waals surface area contributed by atoms with Gasteiger partial charge in [0.2, 0.25) is 5.88 Å². The molecule has 1 atom stereocenters. The standard InChI is InChI=1S/C20H24F3N7O2/c21-20(22,23)15-7-24-8-16(27-15)32-14-1-4-19(5-2-14)10-30(11-19)18(31)29-6-3-13(9-29)17-25-12-26-28-17/h7-8,12-14H,1-6,9-11H2,(H,25,26,28). The van der Waals surface area contributed by atoms with Crippen molar-refractivity contribution in [1.29, 1.82) is 0 Å². The molecule has 3 aliphatic rings. The van der Waals surface area contributed by atoms with Crippen LogP contribution in [0.5, 0.6) is 5.88 Å². The van der Waals surface area contributed by atoms with Gasteiger partial charge in [0.05, 0.1) is 12.4 Å². The lowest BCUT2D eigenvalue weighted by Gasteiger charge is -2.53. The van der Waals surface area contributed by atoms with E-state index in [1.54, 1.807) is 0 Å². The molecule has 172 valence electrons. The molecule has 2 aromatic heterocycles.